The van der Waals surface area contributed by atoms with Gasteiger partial charge in [0, 0.05) is 10.8 Å². The van der Waals surface area contributed by atoms with E-state index in [2.05, 4.69) is 0 Å². The quantitative estimate of drug-likeness (QED) is 0.776. The molecule has 0 saturated heterocycles. The second kappa shape index (κ2) is 6.86. The molecule has 0 unspecified atom stereocenters. The first kappa shape index (κ1) is 19.7. The Hall–Kier alpha value is -3.02. The van der Waals surface area contributed by atoms with E-state index < -0.39 is 35.0 Å². The number of phenols is 2. The van der Waals surface area contributed by atoms with Gasteiger partial charge in [0.05, 0.1) is 11.1 Å². The van der Waals surface area contributed by atoms with Gasteiger partial charge in [-0.1, -0.05) is 27.7 Å². The van der Waals surface area contributed by atoms with Crippen LogP contribution in [0, 0.1) is 10.8 Å². The Labute approximate surface area is 163 Å². The molecule has 0 heterocycles. The van der Waals surface area contributed by atoms with E-state index >= 15 is 0 Å². The normalized spacial score (nSPS) is 22.0. The van der Waals surface area contributed by atoms with Crippen molar-refractivity contribution in [3.05, 3.63) is 59.7 Å². The van der Waals surface area contributed by atoms with Crippen molar-refractivity contribution in [2.45, 2.75) is 39.9 Å². The molecule has 0 aromatic heterocycles. The highest BCUT2D eigenvalue weighted by atomic mass is 16.6. The fraction of sp³-hybridized carbons (Fsp3) is 0.364. The fourth-order valence-electron chi connectivity index (χ4n) is 4.25. The molecule has 2 aromatic carbocycles. The van der Waals surface area contributed by atoms with Gasteiger partial charge in [0.1, 0.15) is 23.7 Å². The monoisotopic (exact) mass is 384 g/mol. The van der Waals surface area contributed by atoms with Crippen LogP contribution in [0.1, 0.15) is 48.4 Å². The number of phenolic OH excluding ortho intramolecular Hbond substituents is 2. The number of esters is 2. The van der Waals surface area contributed by atoms with E-state index in [-0.39, 0.29) is 11.5 Å². The van der Waals surface area contributed by atoms with E-state index in [1.54, 1.807) is 0 Å². The average Bonchev–Trinajstić information content (AvgIpc) is 2.64. The molecule has 2 aromatic rings. The maximum Gasteiger partial charge on any atom is 0.338 e. The standard InChI is InChI=1S/C22H24O6/c1-21(2)19(27-17(25)13-5-9-15(23)10-6-13)22(3,4)20(21)28-18(26)14-7-11-16(24)12-8-14/h5-12,19-20,23-24H,1-4H3. The Morgan fingerprint density at radius 1 is 0.679 bits per heavy atom. The Kier molecular flexibility index (Phi) is 4.83. The van der Waals surface area contributed by atoms with Crippen molar-refractivity contribution >= 4 is 11.9 Å². The molecule has 0 spiro atoms. The number of carbonyl (C=O) groups excluding carboxylic acids is 2. The highest BCUT2D eigenvalue weighted by Gasteiger charge is 2.66. The van der Waals surface area contributed by atoms with Crippen molar-refractivity contribution in [1.82, 2.24) is 0 Å². The molecule has 0 bridgehead atoms. The maximum atomic E-state index is 12.5. The molecule has 0 aliphatic heterocycles. The summed E-state index contributed by atoms with van der Waals surface area (Å²) >= 11 is 0. The molecule has 148 valence electrons. The lowest BCUT2D eigenvalue weighted by Crippen LogP contribution is -2.69. The largest absolute Gasteiger partial charge is 0.508 e. The molecule has 3 rings (SSSR count). The Morgan fingerprint density at radius 3 is 1.25 bits per heavy atom. The summed E-state index contributed by atoms with van der Waals surface area (Å²) in [5, 5.41) is 18.7. The fourth-order valence-corrected chi connectivity index (χ4v) is 4.25. The minimum Gasteiger partial charge on any atom is -0.508 e. The van der Waals surface area contributed by atoms with Gasteiger partial charge in [0.25, 0.3) is 0 Å². The highest BCUT2D eigenvalue weighted by molar-refractivity contribution is 5.90. The topological polar surface area (TPSA) is 93.1 Å². The van der Waals surface area contributed by atoms with Crippen LogP contribution in [0.4, 0.5) is 0 Å². The number of carbonyl (C=O) groups is 2. The summed E-state index contributed by atoms with van der Waals surface area (Å²) in [5.74, 6) is -0.840. The summed E-state index contributed by atoms with van der Waals surface area (Å²) in [7, 11) is 0. The molecule has 1 fully saturated rings. The van der Waals surface area contributed by atoms with Crippen molar-refractivity contribution in [3.63, 3.8) is 0 Å². The van der Waals surface area contributed by atoms with Gasteiger partial charge in [-0.25, -0.2) is 9.59 Å². The number of hydrogen-bond acceptors (Lipinski definition) is 6. The van der Waals surface area contributed by atoms with Crippen LogP contribution in [0.2, 0.25) is 0 Å². The zero-order valence-corrected chi connectivity index (χ0v) is 16.3. The molecule has 28 heavy (non-hydrogen) atoms. The molecular formula is C22H24O6. The SMILES string of the molecule is CC1(C)C(OC(=O)c2ccc(O)cc2)C(C)(C)C1OC(=O)c1ccc(O)cc1. The summed E-state index contributed by atoms with van der Waals surface area (Å²) in [6.45, 7) is 7.56. The molecule has 6 nitrogen and oxygen atoms in total. The third-order valence-electron chi connectivity index (χ3n) is 5.36. The van der Waals surface area contributed by atoms with Crippen molar-refractivity contribution < 1.29 is 29.3 Å². The smallest absolute Gasteiger partial charge is 0.338 e. The second-order valence-electron chi connectivity index (χ2n) is 8.31. The van der Waals surface area contributed by atoms with Crippen LogP contribution in [-0.2, 0) is 9.47 Å². The van der Waals surface area contributed by atoms with Crippen LogP contribution < -0.4 is 0 Å². The van der Waals surface area contributed by atoms with Crippen molar-refractivity contribution in [1.29, 1.82) is 0 Å². The van der Waals surface area contributed by atoms with Gasteiger partial charge in [-0.3, -0.25) is 0 Å². The predicted octanol–water partition coefficient (Wildman–Crippen LogP) is 3.91. The molecule has 6 heteroatoms. The van der Waals surface area contributed by atoms with Crippen LogP contribution in [0.5, 0.6) is 11.5 Å². The first-order valence-electron chi connectivity index (χ1n) is 9.03. The third-order valence-corrected chi connectivity index (χ3v) is 5.36. The third kappa shape index (κ3) is 3.42. The summed E-state index contributed by atoms with van der Waals surface area (Å²) < 4.78 is 11.5. The van der Waals surface area contributed by atoms with Gasteiger partial charge in [-0.15, -0.1) is 0 Å². The minimum absolute atomic E-state index is 0.0714. The zero-order chi connectivity index (χ0) is 20.7. The van der Waals surface area contributed by atoms with Crippen LogP contribution in [0.15, 0.2) is 48.5 Å². The highest BCUT2D eigenvalue weighted by Crippen LogP contribution is 2.57. The maximum absolute atomic E-state index is 12.5. The van der Waals surface area contributed by atoms with Crippen molar-refractivity contribution in [2.75, 3.05) is 0 Å². The number of ether oxygens (including phenoxy) is 2. The summed E-state index contributed by atoms with van der Waals surface area (Å²) in [6, 6.07) is 11.7. The molecular weight excluding hydrogens is 360 g/mol. The van der Waals surface area contributed by atoms with E-state index in [9.17, 15) is 19.8 Å². The second-order valence-corrected chi connectivity index (χ2v) is 8.31. The van der Waals surface area contributed by atoms with Crippen molar-refractivity contribution in [3.8, 4) is 11.5 Å². The van der Waals surface area contributed by atoms with Gasteiger partial charge < -0.3 is 19.7 Å². The molecule has 1 saturated carbocycles. The van der Waals surface area contributed by atoms with Crippen LogP contribution in [0.25, 0.3) is 0 Å². The first-order valence-corrected chi connectivity index (χ1v) is 9.03. The molecule has 1 aliphatic carbocycles. The van der Waals surface area contributed by atoms with Gasteiger partial charge >= 0.3 is 11.9 Å². The lowest BCUT2D eigenvalue weighted by molar-refractivity contribution is -0.246. The van der Waals surface area contributed by atoms with Crippen molar-refractivity contribution in [2.24, 2.45) is 10.8 Å². The number of aromatic hydroxyl groups is 2. The molecule has 1 aliphatic rings. The number of benzene rings is 2. The molecule has 0 amide bonds. The van der Waals surface area contributed by atoms with E-state index in [1.807, 2.05) is 27.7 Å². The van der Waals surface area contributed by atoms with Gasteiger partial charge in [0.2, 0.25) is 0 Å². The molecule has 0 radical (unpaired) electrons. The summed E-state index contributed by atoms with van der Waals surface area (Å²) in [6.07, 6.45) is -0.919. The summed E-state index contributed by atoms with van der Waals surface area (Å²) in [5.41, 5.74) is -0.478. The van der Waals surface area contributed by atoms with Crippen LogP contribution >= 0.6 is 0 Å². The molecule has 2 N–H and O–H groups in total. The van der Waals surface area contributed by atoms with Crippen LogP contribution in [-0.4, -0.2) is 34.4 Å². The zero-order valence-electron chi connectivity index (χ0n) is 16.3. The van der Waals surface area contributed by atoms with Gasteiger partial charge in [-0.05, 0) is 48.5 Å². The van der Waals surface area contributed by atoms with E-state index in [0.29, 0.717) is 11.1 Å². The van der Waals surface area contributed by atoms with E-state index in [0.717, 1.165) is 0 Å². The van der Waals surface area contributed by atoms with Gasteiger partial charge in [0.15, 0.2) is 0 Å². The first-order chi connectivity index (χ1) is 13.0. The lowest BCUT2D eigenvalue weighted by Gasteiger charge is -2.61. The molecule has 0 atom stereocenters. The Bertz CT molecular complexity index is 793. The average molecular weight is 384 g/mol. The van der Waals surface area contributed by atoms with E-state index in [1.165, 1.54) is 48.5 Å². The Balaban J connectivity index is 1.72. The number of hydrogen-bond donors (Lipinski definition) is 2. The van der Waals surface area contributed by atoms with Gasteiger partial charge in [-0.2, -0.15) is 0 Å². The summed E-state index contributed by atoms with van der Waals surface area (Å²) in [4.78, 5) is 25.0. The van der Waals surface area contributed by atoms with E-state index in [4.69, 9.17) is 9.47 Å². The Morgan fingerprint density at radius 2 is 0.964 bits per heavy atom. The predicted molar refractivity (Wildman–Crippen MR) is 102 cm³/mol. The van der Waals surface area contributed by atoms with Crippen LogP contribution in [0.3, 0.4) is 0 Å². The lowest BCUT2D eigenvalue weighted by atomic mass is 9.51. The number of rotatable bonds is 4. The minimum atomic E-state index is -0.581.